The van der Waals surface area contributed by atoms with Crippen molar-refractivity contribution in [3.05, 3.63) is 24.8 Å². The van der Waals surface area contributed by atoms with Gasteiger partial charge in [0.25, 0.3) is 0 Å². The van der Waals surface area contributed by atoms with Crippen molar-refractivity contribution in [2.75, 3.05) is 6.61 Å². The molecule has 4 heteroatoms. The summed E-state index contributed by atoms with van der Waals surface area (Å²) in [4.78, 5) is 3.92. The second-order valence-electron chi connectivity index (χ2n) is 2.18. The Bertz CT molecular complexity index is 257. The maximum atomic E-state index is 9.37. The molecule has 0 aliphatic heterocycles. The highest BCUT2D eigenvalue weighted by atomic mass is 16.6. The van der Waals surface area contributed by atoms with Crippen molar-refractivity contribution in [2.24, 2.45) is 0 Å². The maximum Gasteiger partial charge on any atom is 0.215 e. The summed E-state index contributed by atoms with van der Waals surface area (Å²) in [6, 6.07) is 0. The molecule has 0 aliphatic carbocycles. The van der Waals surface area contributed by atoms with Gasteiger partial charge in [-0.2, -0.15) is 0 Å². The van der Waals surface area contributed by atoms with Crippen LogP contribution in [0.5, 0.6) is 0 Å². The minimum absolute atomic E-state index is 0.450. The Morgan fingerprint density at radius 2 is 2.67 bits per heavy atom. The Hall–Kier alpha value is -1.13. The molecule has 0 spiro atoms. The molecule has 1 heterocycles. The molecule has 0 aliphatic rings. The molecule has 1 N–H and O–H groups in total. The summed E-state index contributed by atoms with van der Waals surface area (Å²) in [5.41, 5.74) is 0. The lowest BCUT2D eigenvalue weighted by molar-refractivity contribution is -0.104. The zero-order valence-electron chi connectivity index (χ0n) is 6.97. The molecular weight excluding hydrogens is 156 g/mol. The van der Waals surface area contributed by atoms with E-state index in [1.165, 1.54) is 0 Å². The van der Waals surface area contributed by atoms with Gasteiger partial charge in [-0.05, 0) is 6.92 Å². The number of rotatable bonds is 4. The topological polar surface area (TPSA) is 47.3 Å². The third kappa shape index (κ3) is 1.72. The largest absolute Gasteiger partial charge is 0.362 e. The van der Waals surface area contributed by atoms with Crippen LogP contribution in [0.25, 0.3) is 6.20 Å². The fraction of sp³-hybridized carbons (Fsp3) is 0.375. The summed E-state index contributed by atoms with van der Waals surface area (Å²) in [7, 11) is 0. The van der Waals surface area contributed by atoms with E-state index in [1.807, 2.05) is 6.92 Å². The van der Waals surface area contributed by atoms with Gasteiger partial charge >= 0.3 is 0 Å². The second kappa shape index (κ2) is 4.04. The molecule has 1 rings (SSSR count). The minimum atomic E-state index is -0.969. The van der Waals surface area contributed by atoms with Crippen LogP contribution in [0.3, 0.4) is 0 Å². The molecule has 0 aromatic carbocycles. The molecule has 12 heavy (non-hydrogen) atoms. The van der Waals surface area contributed by atoms with Gasteiger partial charge in [-0.25, -0.2) is 4.98 Å². The van der Waals surface area contributed by atoms with Crippen LogP contribution < -0.4 is 0 Å². The average Bonchev–Trinajstić information content (AvgIpc) is 2.51. The number of imidazole rings is 1. The van der Waals surface area contributed by atoms with E-state index < -0.39 is 6.29 Å². The third-order valence-electron chi connectivity index (χ3n) is 1.44. The van der Waals surface area contributed by atoms with Crippen molar-refractivity contribution in [1.82, 2.24) is 9.55 Å². The van der Waals surface area contributed by atoms with Gasteiger partial charge in [0.1, 0.15) is 0 Å². The van der Waals surface area contributed by atoms with Crippen molar-refractivity contribution >= 4 is 6.20 Å². The minimum Gasteiger partial charge on any atom is -0.362 e. The van der Waals surface area contributed by atoms with Crippen LogP contribution in [0.2, 0.25) is 0 Å². The molecular formula is C8H12N2O2. The monoisotopic (exact) mass is 168 g/mol. The average molecular weight is 168 g/mol. The van der Waals surface area contributed by atoms with Crippen LogP contribution in [0.15, 0.2) is 19.0 Å². The van der Waals surface area contributed by atoms with E-state index in [0.717, 1.165) is 0 Å². The first kappa shape index (κ1) is 8.96. The van der Waals surface area contributed by atoms with Crippen LogP contribution >= 0.6 is 0 Å². The highest BCUT2D eigenvalue weighted by molar-refractivity contribution is 5.20. The Morgan fingerprint density at radius 3 is 3.25 bits per heavy atom. The molecule has 0 fully saturated rings. The van der Waals surface area contributed by atoms with Gasteiger partial charge in [-0.3, -0.25) is 0 Å². The molecule has 4 nitrogen and oxygen atoms in total. The Labute approximate surface area is 71.1 Å². The first-order valence-electron chi connectivity index (χ1n) is 3.74. The molecule has 0 saturated carbocycles. The molecule has 66 valence electrons. The van der Waals surface area contributed by atoms with Gasteiger partial charge in [0.05, 0.1) is 0 Å². The SMILES string of the molecule is C=Cn1ccnc1C(O)OCC. The van der Waals surface area contributed by atoms with E-state index in [-0.39, 0.29) is 0 Å². The van der Waals surface area contributed by atoms with E-state index in [0.29, 0.717) is 12.4 Å². The second-order valence-corrected chi connectivity index (χ2v) is 2.18. The van der Waals surface area contributed by atoms with Gasteiger partial charge in [-0.15, -0.1) is 0 Å². The highest BCUT2D eigenvalue weighted by Gasteiger charge is 2.11. The summed E-state index contributed by atoms with van der Waals surface area (Å²) in [5, 5.41) is 9.37. The molecule has 1 aromatic heterocycles. The summed E-state index contributed by atoms with van der Waals surface area (Å²) in [5.74, 6) is 0.451. The zero-order valence-corrected chi connectivity index (χ0v) is 6.97. The van der Waals surface area contributed by atoms with Gasteiger partial charge in [-0.1, -0.05) is 6.58 Å². The van der Waals surface area contributed by atoms with E-state index in [4.69, 9.17) is 4.74 Å². The number of hydrogen-bond acceptors (Lipinski definition) is 3. The van der Waals surface area contributed by atoms with E-state index in [1.54, 1.807) is 23.2 Å². The summed E-state index contributed by atoms with van der Waals surface area (Å²) in [6.07, 6.45) is 3.87. The van der Waals surface area contributed by atoms with Gasteiger partial charge in [0, 0.05) is 25.2 Å². The van der Waals surface area contributed by atoms with Crippen molar-refractivity contribution < 1.29 is 9.84 Å². The van der Waals surface area contributed by atoms with Crippen LogP contribution in [-0.4, -0.2) is 21.3 Å². The smallest absolute Gasteiger partial charge is 0.215 e. The van der Waals surface area contributed by atoms with Crippen molar-refractivity contribution in [1.29, 1.82) is 0 Å². The molecule has 1 atom stereocenters. The zero-order chi connectivity index (χ0) is 8.97. The van der Waals surface area contributed by atoms with E-state index in [2.05, 4.69) is 11.6 Å². The molecule has 1 unspecified atom stereocenters. The molecule has 0 radical (unpaired) electrons. The van der Waals surface area contributed by atoms with Crippen LogP contribution in [0.1, 0.15) is 19.0 Å². The fourth-order valence-electron chi connectivity index (χ4n) is 0.903. The number of aliphatic hydroxyl groups is 1. The number of aliphatic hydroxyl groups excluding tert-OH is 1. The Balaban J connectivity index is 2.78. The normalized spacial score (nSPS) is 12.8. The standard InChI is InChI=1S/C8H12N2O2/c1-3-10-6-5-9-7(10)8(11)12-4-2/h3,5-6,8,11H,1,4H2,2H3. The quantitative estimate of drug-likeness (QED) is 0.682. The highest BCUT2D eigenvalue weighted by Crippen LogP contribution is 2.11. The molecule has 0 amide bonds. The first-order chi connectivity index (χ1) is 5.79. The van der Waals surface area contributed by atoms with Crippen molar-refractivity contribution in [2.45, 2.75) is 13.2 Å². The molecule has 1 aromatic rings. The molecule has 0 bridgehead atoms. The summed E-state index contributed by atoms with van der Waals surface area (Å²) < 4.78 is 6.56. The van der Waals surface area contributed by atoms with Crippen LogP contribution in [-0.2, 0) is 4.74 Å². The number of aromatic nitrogens is 2. The number of nitrogens with zero attached hydrogens (tertiary/aromatic N) is 2. The summed E-state index contributed by atoms with van der Waals surface area (Å²) >= 11 is 0. The van der Waals surface area contributed by atoms with E-state index in [9.17, 15) is 5.11 Å². The van der Waals surface area contributed by atoms with Gasteiger partial charge in [0.15, 0.2) is 5.82 Å². The first-order valence-corrected chi connectivity index (χ1v) is 3.74. The van der Waals surface area contributed by atoms with Crippen molar-refractivity contribution in [3.8, 4) is 0 Å². The predicted octanol–water partition coefficient (Wildman–Crippen LogP) is 1.01. The van der Waals surface area contributed by atoms with Crippen LogP contribution in [0, 0.1) is 0 Å². The lowest BCUT2D eigenvalue weighted by Crippen LogP contribution is -2.08. The fourth-order valence-corrected chi connectivity index (χ4v) is 0.903. The Kier molecular flexibility index (Phi) is 3.01. The lowest BCUT2D eigenvalue weighted by atomic mass is 10.5. The maximum absolute atomic E-state index is 9.37. The van der Waals surface area contributed by atoms with Gasteiger partial charge in [0.2, 0.25) is 6.29 Å². The molecule has 0 saturated heterocycles. The van der Waals surface area contributed by atoms with E-state index >= 15 is 0 Å². The van der Waals surface area contributed by atoms with Crippen molar-refractivity contribution in [3.63, 3.8) is 0 Å². The Morgan fingerprint density at radius 1 is 1.92 bits per heavy atom. The van der Waals surface area contributed by atoms with Crippen LogP contribution in [0.4, 0.5) is 0 Å². The summed E-state index contributed by atoms with van der Waals surface area (Å²) in [6.45, 7) is 5.82. The number of ether oxygens (including phenoxy) is 1. The predicted molar refractivity (Wildman–Crippen MR) is 45.2 cm³/mol. The third-order valence-corrected chi connectivity index (χ3v) is 1.44. The number of hydrogen-bond donors (Lipinski definition) is 1. The lowest BCUT2D eigenvalue weighted by Gasteiger charge is -2.09. The van der Waals surface area contributed by atoms with Gasteiger partial charge < -0.3 is 14.4 Å².